The number of phenols is 1. The van der Waals surface area contributed by atoms with Crippen LogP contribution in [0, 0.1) is 11.8 Å². The van der Waals surface area contributed by atoms with Crippen molar-refractivity contribution in [2.45, 2.75) is 82.1 Å². The number of carbonyl (C=O) groups is 3. The van der Waals surface area contributed by atoms with E-state index in [1.807, 2.05) is 0 Å². The maximum absolute atomic E-state index is 13.3. The van der Waals surface area contributed by atoms with E-state index in [0.29, 0.717) is 18.8 Å². The summed E-state index contributed by atoms with van der Waals surface area (Å²) in [7, 11) is -1.40. The van der Waals surface area contributed by atoms with Crippen LogP contribution in [-0.2, 0) is 28.6 Å². The second kappa shape index (κ2) is 10.8. The standard InChI is InChI=1S/C27H38O7Si/c1-35(2,3)14-13-34-26(30)24-21-16-22(29)23(20-15-17(28)9-10-19(20)21)25(24)27(31)33-12-11-32-18-7-5-4-6-8-18/h9-10,15,18,21,23-25,28H,4-8,11-14,16H2,1-3H3/t21?,23-,24-,25-/m1/s1. The zero-order chi connectivity index (χ0) is 25.2. The van der Waals surface area contributed by atoms with E-state index < -0.39 is 43.7 Å². The first-order valence-corrected chi connectivity index (χ1v) is 16.7. The summed E-state index contributed by atoms with van der Waals surface area (Å²) in [6.07, 6.45) is 6.00. The Morgan fingerprint density at radius 3 is 2.34 bits per heavy atom. The van der Waals surface area contributed by atoms with Gasteiger partial charge in [-0.3, -0.25) is 14.4 Å². The van der Waals surface area contributed by atoms with Crippen LogP contribution in [0.2, 0.25) is 25.7 Å². The molecular formula is C27H38O7Si. The van der Waals surface area contributed by atoms with Gasteiger partial charge >= 0.3 is 11.9 Å². The molecule has 2 bridgehead atoms. The highest BCUT2D eigenvalue weighted by molar-refractivity contribution is 6.76. The summed E-state index contributed by atoms with van der Waals surface area (Å²) < 4.78 is 17.1. The summed E-state index contributed by atoms with van der Waals surface area (Å²) in [6.45, 7) is 7.33. The molecule has 7 nitrogen and oxygen atoms in total. The highest BCUT2D eigenvalue weighted by Gasteiger charge is 2.57. The number of fused-ring (bicyclic) bond motifs is 2. The minimum Gasteiger partial charge on any atom is -0.508 e. The third kappa shape index (κ3) is 5.97. The fraction of sp³-hybridized carbons (Fsp3) is 0.667. The summed E-state index contributed by atoms with van der Waals surface area (Å²) in [5.74, 6) is -4.08. The molecule has 0 spiro atoms. The Balaban J connectivity index is 1.50. The van der Waals surface area contributed by atoms with Crippen molar-refractivity contribution in [3.05, 3.63) is 29.3 Å². The van der Waals surface area contributed by atoms with Crippen molar-refractivity contribution in [3.63, 3.8) is 0 Å². The van der Waals surface area contributed by atoms with E-state index in [2.05, 4.69) is 19.6 Å². The number of ketones is 1. The minimum atomic E-state index is -1.40. The van der Waals surface area contributed by atoms with Crippen LogP contribution in [0.1, 0.15) is 61.5 Å². The maximum Gasteiger partial charge on any atom is 0.311 e. The number of rotatable bonds is 9. The van der Waals surface area contributed by atoms with Crippen molar-refractivity contribution in [2.24, 2.45) is 11.8 Å². The fourth-order valence-corrected chi connectivity index (χ4v) is 6.52. The molecule has 4 atom stereocenters. The van der Waals surface area contributed by atoms with Crippen LogP contribution in [0.15, 0.2) is 18.2 Å². The molecule has 0 aliphatic heterocycles. The van der Waals surface area contributed by atoms with E-state index in [1.54, 1.807) is 18.2 Å². The number of ether oxygens (including phenoxy) is 3. The van der Waals surface area contributed by atoms with E-state index in [-0.39, 0.29) is 30.7 Å². The van der Waals surface area contributed by atoms with Gasteiger partial charge in [0.05, 0.1) is 37.1 Å². The number of esters is 2. The van der Waals surface area contributed by atoms with Gasteiger partial charge in [0.15, 0.2) is 0 Å². The zero-order valence-electron chi connectivity index (χ0n) is 21.1. The van der Waals surface area contributed by atoms with Crippen molar-refractivity contribution in [1.82, 2.24) is 0 Å². The van der Waals surface area contributed by atoms with Gasteiger partial charge in [0.1, 0.15) is 18.1 Å². The molecule has 1 aromatic rings. The molecule has 0 amide bonds. The quantitative estimate of drug-likeness (QED) is 0.300. The normalized spacial score (nSPS) is 26.3. The van der Waals surface area contributed by atoms with Crippen LogP contribution >= 0.6 is 0 Å². The number of Topliss-reactive ketones (excluding diaryl/α,β-unsaturated/α-hetero) is 1. The molecule has 1 unspecified atom stereocenters. The topological polar surface area (TPSA) is 99.1 Å². The van der Waals surface area contributed by atoms with E-state index in [4.69, 9.17) is 14.2 Å². The first-order chi connectivity index (χ1) is 16.7. The molecule has 1 aromatic carbocycles. The molecule has 0 aromatic heterocycles. The molecule has 192 valence electrons. The Morgan fingerprint density at radius 2 is 1.63 bits per heavy atom. The van der Waals surface area contributed by atoms with Gasteiger partial charge < -0.3 is 19.3 Å². The van der Waals surface area contributed by atoms with Crippen LogP contribution in [-0.4, -0.2) is 56.8 Å². The minimum absolute atomic E-state index is 0.0337. The van der Waals surface area contributed by atoms with Crippen molar-refractivity contribution in [2.75, 3.05) is 19.8 Å². The van der Waals surface area contributed by atoms with Crippen LogP contribution < -0.4 is 0 Å². The third-order valence-electron chi connectivity index (χ3n) is 7.63. The second-order valence-electron chi connectivity index (χ2n) is 11.4. The molecule has 4 aliphatic carbocycles. The van der Waals surface area contributed by atoms with E-state index in [9.17, 15) is 19.5 Å². The molecular weight excluding hydrogens is 464 g/mol. The van der Waals surface area contributed by atoms with Gasteiger partial charge in [-0.15, -0.1) is 0 Å². The van der Waals surface area contributed by atoms with Crippen LogP contribution in [0.5, 0.6) is 5.75 Å². The largest absolute Gasteiger partial charge is 0.508 e. The first kappa shape index (κ1) is 25.9. The van der Waals surface area contributed by atoms with Crippen LogP contribution in [0.4, 0.5) is 0 Å². The highest BCUT2D eigenvalue weighted by atomic mass is 28.3. The molecule has 0 heterocycles. The molecule has 0 saturated heterocycles. The molecule has 1 N–H and O–H groups in total. The van der Waals surface area contributed by atoms with Crippen molar-refractivity contribution in [3.8, 4) is 5.75 Å². The molecule has 5 rings (SSSR count). The number of carbonyl (C=O) groups excluding carboxylic acids is 3. The van der Waals surface area contributed by atoms with E-state index in [1.165, 1.54) is 6.42 Å². The van der Waals surface area contributed by atoms with E-state index >= 15 is 0 Å². The highest BCUT2D eigenvalue weighted by Crippen LogP contribution is 2.55. The van der Waals surface area contributed by atoms with Gasteiger partial charge in [0, 0.05) is 20.4 Å². The average molecular weight is 503 g/mol. The molecule has 0 radical (unpaired) electrons. The predicted octanol–water partition coefficient (Wildman–Crippen LogP) is 4.55. The van der Waals surface area contributed by atoms with Crippen molar-refractivity contribution < 1.29 is 33.7 Å². The Morgan fingerprint density at radius 1 is 0.943 bits per heavy atom. The van der Waals surface area contributed by atoms with Crippen molar-refractivity contribution in [1.29, 1.82) is 0 Å². The predicted molar refractivity (Wildman–Crippen MR) is 133 cm³/mol. The Kier molecular flexibility index (Phi) is 8.01. The Labute approximate surface area is 208 Å². The number of phenolic OH excluding ortho intramolecular Hbond substituents is 1. The first-order valence-electron chi connectivity index (χ1n) is 13.0. The van der Waals surface area contributed by atoms with Gasteiger partial charge in [-0.2, -0.15) is 0 Å². The SMILES string of the molecule is C[Si](C)(C)CCOC(=O)[C@@H]1C2CC(=O)[C@@H](c3cc(O)ccc32)[C@H]1C(=O)OCCOC1CCCCC1. The summed E-state index contributed by atoms with van der Waals surface area (Å²) >= 11 is 0. The van der Waals surface area contributed by atoms with Gasteiger partial charge in [0.2, 0.25) is 0 Å². The van der Waals surface area contributed by atoms with E-state index in [0.717, 1.165) is 37.3 Å². The Hall–Kier alpha value is -2.19. The zero-order valence-corrected chi connectivity index (χ0v) is 22.1. The average Bonchev–Trinajstić information content (AvgIpc) is 2.80. The molecule has 35 heavy (non-hydrogen) atoms. The summed E-state index contributed by atoms with van der Waals surface area (Å²) in [5.41, 5.74) is 1.46. The van der Waals surface area contributed by atoms with Gasteiger partial charge in [-0.05, 0) is 42.1 Å². The van der Waals surface area contributed by atoms with Crippen LogP contribution in [0.25, 0.3) is 0 Å². The van der Waals surface area contributed by atoms with Crippen LogP contribution in [0.3, 0.4) is 0 Å². The smallest absolute Gasteiger partial charge is 0.311 e. The summed E-state index contributed by atoms with van der Waals surface area (Å²) in [6, 6.07) is 5.70. The fourth-order valence-electron chi connectivity index (χ4n) is 5.80. The second-order valence-corrected chi connectivity index (χ2v) is 17.0. The number of hydrogen-bond acceptors (Lipinski definition) is 7. The summed E-state index contributed by atoms with van der Waals surface area (Å²) in [4.78, 5) is 39.7. The molecule has 8 heteroatoms. The van der Waals surface area contributed by atoms with Gasteiger partial charge in [0.25, 0.3) is 0 Å². The molecule has 2 fully saturated rings. The lowest BCUT2D eigenvalue weighted by Gasteiger charge is -2.46. The van der Waals surface area contributed by atoms with Crippen molar-refractivity contribution >= 4 is 25.8 Å². The maximum atomic E-state index is 13.3. The lowest BCUT2D eigenvalue weighted by molar-refractivity contribution is -0.168. The molecule has 4 aliphatic rings. The van der Waals surface area contributed by atoms with Gasteiger partial charge in [-0.1, -0.05) is 45.0 Å². The molecule has 2 saturated carbocycles. The summed E-state index contributed by atoms with van der Waals surface area (Å²) in [5, 5.41) is 10.1. The Bertz CT molecular complexity index is 947. The number of aromatic hydroxyl groups is 1. The lowest BCUT2D eigenvalue weighted by Crippen LogP contribution is -2.51. The number of hydrogen-bond donors (Lipinski definition) is 1. The number of benzene rings is 1. The van der Waals surface area contributed by atoms with Gasteiger partial charge in [-0.25, -0.2) is 0 Å². The lowest BCUT2D eigenvalue weighted by atomic mass is 9.55. The third-order valence-corrected chi connectivity index (χ3v) is 9.33. The monoisotopic (exact) mass is 502 g/mol.